The summed E-state index contributed by atoms with van der Waals surface area (Å²) in [5.41, 5.74) is 9.64. The number of fused-ring (bicyclic) bond motifs is 1. The number of benzene rings is 1. The van der Waals surface area contributed by atoms with E-state index in [1.165, 1.54) is 43.5 Å². The van der Waals surface area contributed by atoms with Gasteiger partial charge in [0.05, 0.1) is 0 Å². The molecular weight excluding hydrogens is 220 g/mol. The lowest BCUT2D eigenvalue weighted by Gasteiger charge is -2.28. The minimum Gasteiger partial charge on any atom is -0.399 e. The predicted molar refractivity (Wildman–Crippen MR) is 69.8 cm³/mol. The molecule has 0 spiro atoms. The molecule has 3 rings (SSSR count). The molecule has 0 saturated heterocycles. The largest absolute Gasteiger partial charge is 0.399 e. The van der Waals surface area contributed by atoms with Crippen LogP contribution in [0.4, 0.5) is 5.69 Å². The summed E-state index contributed by atoms with van der Waals surface area (Å²) in [6.45, 7) is 3.66. The van der Waals surface area contributed by atoms with Gasteiger partial charge in [-0.15, -0.1) is 12.4 Å². The van der Waals surface area contributed by atoms with Gasteiger partial charge in [0.2, 0.25) is 0 Å². The van der Waals surface area contributed by atoms with Gasteiger partial charge in [-0.2, -0.15) is 0 Å². The highest BCUT2D eigenvalue weighted by molar-refractivity contribution is 5.85. The number of rotatable bonds is 2. The van der Waals surface area contributed by atoms with Crippen LogP contribution in [-0.2, 0) is 13.0 Å². The normalized spacial score (nSPS) is 20.0. The molecule has 1 aliphatic carbocycles. The molecule has 16 heavy (non-hydrogen) atoms. The molecule has 1 saturated carbocycles. The highest BCUT2D eigenvalue weighted by Crippen LogP contribution is 2.31. The second-order valence-electron chi connectivity index (χ2n) is 4.96. The number of hydrogen-bond acceptors (Lipinski definition) is 2. The summed E-state index contributed by atoms with van der Waals surface area (Å²) in [6, 6.07) is 6.37. The van der Waals surface area contributed by atoms with E-state index in [1.54, 1.807) is 0 Å². The van der Waals surface area contributed by atoms with Crippen LogP contribution in [0.15, 0.2) is 18.2 Å². The maximum absolute atomic E-state index is 5.79. The molecule has 1 aromatic rings. The fraction of sp³-hybridized carbons (Fsp3) is 0.538. The first-order valence-electron chi connectivity index (χ1n) is 5.91. The van der Waals surface area contributed by atoms with Crippen molar-refractivity contribution in [3.63, 3.8) is 0 Å². The van der Waals surface area contributed by atoms with E-state index in [0.29, 0.717) is 0 Å². The number of nitrogens with two attached hydrogens (primary N) is 1. The minimum atomic E-state index is 0. The van der Waals surface area contributed by atoms with Crippen LogP contribution in [-0.4, -0.2) is 18.0 Å². The molecule has 3 heteroatoms. The lowest BCUT2D eigenvalue weighted by atomic mass is 9.99. The van der Waals surface area contributed by atoms with Crippen molar-refractivity contribution >= 4 is 18.1 Å². The highest BCUT2D eigenvalue weighted by Gasteiger charge is 2.26. The summed E-state index contributed by atoms with van der Waals surface area (Å²) in [6.07, 6.45) is 4.07. The van der Waals surface area contributed by atoms with Gasteiger partial charge < -0.3 is 5.73 Å². The fourth-order valence-electron chi connectivity index (χ4n) is 2.45. The third-order valence-electron chi connectivity index (χ3n) is 3.53. The molecule has 2 nitrogen and oxygen atoms in total. The minimum absolute atomic E-state index is 0. The Hall–Kier alpha value is -0.730. The number of nitrogens with zero attached hydrogens (tertiary/aromatic N) is 1. The number of anilines is 1. The molecule has 1 aliphatic heterocycles. The van der Waals surface area contributed by atoms with Gasteiger partial charge in [-0.25, -0.2) is 0 Å². The van der Waals surface area contributed by atoms with Crippen LogP contribution in [0.1, 0.15) is 24.0 Å². The van der Waals surface area contributed by atoms with Gasteiger partial charge in [0.15, 0.2) is 0 Å². The van der Waals surface area contributed by atoms with Crippen molar-refractivity contribution < 1.29 is 0 Å². The fourth-order valence-corrected chi connectivity index (χ4v) is 2.45. The summed E-state index contributed by atoms with van der Waals surface area (Å²) in [4.78, 5) is 2.59. The third kappa shape index (κ3) is 2.50. The van der Waals surface area contributed by atoms with Crippen LogP contribution in [0.2, 0.25) is 0 Å². The van der Waals surface area contributed by atoms with Crippen molar-refractivity contribution in [2.24, 2.45) is 5.92 Å². The van der Waals surface area contributed by atoms with Gasteiger partial charge >= 0.3 is 0 Å². The molecule has 0 atom stereocenters. The summed E-state index contributed by atoms with van der Waals surface area (Å²) >= 11 is 0. The Morgan fingerprint density at radius 1 is 1.25 bits per heavy atom. The topological polar surface area (TPSA) is 29.3 Å². The van der Waals surface area contributed by atoms with E-state index in [-0.39, 0.29) is 12.4 Å². The molecule has 88 valence electrons. The van der Waals surface area contributed by atoms with Gasteiger partial charge in [0.1, 0.15) is 0 Å². The standard InChI is InChI=1S/C13H18N2.ClH/c14-13-4-3-12-9-15(8-10-1-2-10)6-5-11(12)7-13;/h3-4,7,10H,1-2,5-6,8-9,14H2;1H. The Kier molecular flexibility index (Phi) is 3.41. The SMILES string of the molecule is Cl.Nc1ccc2c(c1)CCN(CC1CC1)C2. The molecule has 1 aromatic carbocycles. The quantitative estimate of drug-likeness (QED) is 0.803. The van der Waals surface area contributed by atoms with Gasteiger partial charge in [0, 0.05) is 25.3 Å². The number of hydrogen-bond donors (Lipinski definition) is 1. The van der Waals surface area contributed by atoms with Crippen LogP contribution in [0, 0.1) is 5.92 Å². The Bertz CT molecular complexity index is 374. The maximum Gasteiger partial charge on any atom is 0.0316 e. The van der Waals surface area contributed by atoms with E-state index in [9.17, 15) is 0 Å². The van der Waals surface area contributed by atoms with E-state index in [4.69, 9.17) is 5.73 Å². The zero-order valence-electron chi connectivity index (χ0n) is 9.48. The van der Waals surface area contributed by atoms with Gasteiger partial charge in [-0.3, -0.25) is 4.90 Å². The van der Waals surface area contributed by atoms with Crippen LogP contribution >= 0.6 is 12.4 Å². The van der Waals surface area contributed by atoms with Crippen molar-refractivity contribution in [3.8, 4) is 0 Å². The van der Waals surface area contributed by atoms with E-state index < -0.39 is 0 Å². The lowest BCUT2D eigenvalue weighted by molar-refractivity contribution is 0.244. The molecular formula is C13H19ClN2. The van der Waals surface area contributed by atoms with Crippen LogP contribution in [0.3, 0.4) is 0 Å². The van der Waals surface area contributed by atoms with Crippen molar-refractivity contribution in [3.05, 3.63) is 29.3 Å². The van der Waals surface area contributed by atoms with Crippen LogP contribution < -0.4 is 5.73 Å². The first kappa shape index (κ1) is 11.7. The zero-order chi connectivity index (χ0) is 10.3. The van der Waals surface area contributed by atoms with E-state index >= 15 is 0 Å². The monoisotopic (exact) mass is 238 g/mol. The first-order valence-corrected chi connectivity index (χ1v) is 5.91. The molecule has 0 amide bonds. The highest BCUT2D eigenvalue weighted by atomic mass is 35.5. The Morgan fingerprint density at radius 3 is 2.81 bits per heavy atom. The first-order chi connectivity index (χ1) is 7.31. The molecule has 1 fully saturated rings. The smallest absolute Gasteiger partial charge is 0.0316 e. The third-order valence-corrected chi connectivity index (χ3v) is 3.53. The summed E-state index contributed by atoms with van der Waals surface area (Å²) in [5, 5.41) is 0. The van der Waals surface area contributed by atoms with Gasteiger partial charge in [-0.1, -0.05) is 6.07 Å². The van der Waals surface area contributed by atoms with E-state index in [2.05, 4.69) is 17.0 Å². The van der Waals surface area contributed by atoms with E-state index in [0.717, 1.165) is 18.2 Å². The molecule has 0 unspecified atom stereocenters. The Morgan fingerprint density at radius 2 is 2.06 bits per heavy atom. The number of halogens is 1. The molecule has 2 aliphatic rings. The number of nitrogen functional groups attached to an aromatic ring is 1. The second kappa shape index (κ2) is 4.64. The van der Waals surface area contributed by atoms with Gasteiger partial charge in [0.25, 0.3) is 0 Å². The summed E-state index contributed by atoms with van der Waals surface area (Å²) < 4.78 is 0. The average molecular weight is 239 g/mol. The lowest BCUT2D eigenvalue weighted by Crippen LogP contribution is -2.32. The van der Waals surface area contributed by atoms with Crippen molar-refractivity contribution in [1.29, 1.82) is 0 Å². The predicted octanol–water partition coefficient (Wildman–Crippen LogP) is 2.46. The Balaban J connectivity index is 0.000000963. The van der Waals surface area contributed by atoms with Crippen molar-refractivity contribution in [2.75, 3.05) is 18.8 Å². The maximum atomic E-state index is 5.79. The zero-order valence-corrected chi connectivity index (χ0v) is 10.3. The second-order valence-corrected chi connectivity index (χ2v) is 4.96. The average Bonchev–Trinajstić information content (AvgIpc) is 3.02. The Labute approximate surface area is 103 Å². The molecule has 2 N–H and O–H groups in total. The summed E-state index contributed by atoms with van der Waals surface area (Å²) in [7, 11) is 0. The van der Waals surface area contributed by atoms with Crippen molar-refractivity contribution in [2.45, 2.75) is 25.8 Å². The van der Waals surface area contributed by atoms with Crippen molar-refractivity contribution in [1.82, 2.24) is 4.90 Å². The van der Waals surface area contributed by atoms with Crippen LogP contribution in [0.25, 0.3) is 0 Å². The molecule has 0 bridgehead atoms. The van der Waals surface area contributed by atoms with Crippen LogP contribution in [0.5, 0.6) is 0 Å². The molecule has 1 heterocycles. The molecule has 0 aromatic heterocycles. The molecule has 0 radical (unpaired) electrons. The summed E-state index contributed by atoms with van der Waals surface area (Å²) in [5.74, 6) is 1.00. The van der Waals surface area contributed by atoms with Gasteiger partial charge in [-0.05, 0) is 48.4 Å². The van der Waals surface area contributed by atoms with E-state index in [1.807, 2.05) is 6.07 Å².